The maximum atomic E-state index is 11.9. The first-order valence-corrected chi connectivity index (χ1v) is 8.02. The van der Waals surface area contributed by atoms with Gasteiger partial charge in [0.2, 0.25) is 11.8 Å². The van der Waals surface area contributed by atoms with Crippen LogP contribution in [-0.4, -0.2) is 48.9 Å². The Kier molecular flexibility index (Phi) is 8.21. The lowest BCUT2D eigenvalue weighted by atomic mass is 10.3. The number of rotatable bonds is 7. The van der Waals surface area contributed by atoms with Crippen molar-refractivity contribution in [2.75, 3.05) is 25.5 Å². The molecule has 8 heteroatoms. The number of anilines is 1. The smallest absolute Gasteiger partial charge is 0.321 e. The van der Waals surface area contributed by atoms with Crippen molar-refractivity contribution in [2.24, 2.45) is 0 Å². The van der Waals surface area contributed by atoms with Gasteiger partial charge in [0.05, 0.1) is 23.8 Å². The number of likely N-dealkylation sites (N-methyl/N-ethyl adjacent to an activating group) is 1. The van der Waals surface area contributed by atoms with Crippen LogP contribution in [0.4, 0.5) is 10.5 Å². The van der Waals surface area contributed by atoms with Crippen LogP contribution in [0.1, 0.15) is 20.3 Å². The maximum absolute atomic E-state index is 11.9. The molecule has 0 heterocycles. The number of carbonyl (C=O) groups excluding carboxylic acids is 3. The van der Waals surface area contributed by atoms with Crippen molar-refractivity contribution in [3.05, 3.63) is 29.3 Å². The van der Waals surface area contributed by atoms with Crippen molar-refractivity contribution in [1.29, 1.82) is 0 Å². The van der Waals surface area contributed by atoms with Crippen molar-refractivity contribution in [3.63, 3.8) is 0 Å². The van der Waals surface area contributed by atoms with E-state index in [2.05, 4.69) is 16.0 Å². The van der Waals surface area contributed by atoms with Crippen LogP contribution in [-0.2, 0) is 9.59 Å². The summed E-state index contributed by atoms with van der Waals surface area (Å²) in [6.07, 6.45) is 0.768. The molecule has 1 aromatic rings. The van der Waals surface area contributed by atoms with Gasteiger partial charge < -0.3 is 10.6 Å². The zero-order chi connectivity index (χ0) is 18.1. The summed E-state index contributed by atoms with van der Waals surface area (Å²) in [4.78, 5) is 36.7. The second-order valence-corrected chi connectivity index (χ2v) is 5.94. The highest BCUT2D eigenvalue weighted by Crippen LogP contribution is 2.20. The molecule has 0 aliphatic carbocycles. The van der Waals surface area contributed by atoms with Crippen molar-refractivity contribution in [2.45, 2.75) is 26.3 Å². The first kappa shape index (κ1) is 19.9. The maximum Gasteiger partial charge on any atom is 0.321 e. The summed E-state index contributed by atoms with van der Waals surface area (Å²) in [6.45, 7) is 3.68. The van der Waals surface area contributed by atoms with Crippen LogP contribution in [0.25, 0.3) is 0 Å². The monoisotopic (exact) mass is 354 g/mol. The first-order valence-electron chi connectivity index (χ1n) is 7.65. The Balaban J connectivity index is 2.38. The van der Waals surface area contributed by atoms with Gasteiger partial charge in [0, 0.05) is 6.04 Å². The second kappa shape index (κ2) is 9.89. The van der Waals surface area contributed by atoms with Gasteiger partial charge in [-0.25, -0.2) is 4.79 Å². The molecule has 1 aromatic carbocycles. The number of amides is 4. The fourth-order valence-electron chi connectivity index (χ4n) is 1.83. The molecule has 1 rings (SSSR count). The molecular formula is C16H23ClN4O3. The molecule has 0 fully saturated rings. The van der Waals surface area contributed by atoms with Crippen LogP contribution >= 0.6 is 11.6 Å². The quantitative estimate of drug-likeness (QED) is 0.696. The second-order valence-electron chi connectivity index (χ2n) is 5.53. The Morgan fingerprint density at radius 3 is 2.42 bits per heavy atom. The third-order valence-electron chi connectivity index (χ3n) is 3.22. The predicted molar refractivity (Wildman–Crippen MR) is 94.0 cm³/mol. The standard InChI is InChI=1S/C16H23ClN4O3/c1-4-11(2)18-16(24)20-15(23)10-21(3)9-14(22)19-13-8-6-5-7-12(13)17/h5-8,11H,4,9-10H2,1-3H3,(H,19,22)(H2,18,20,23,24)/t11-/m1/s1. The van der Waals surface area contributed by atoms with Crippen LogP contribution in [0.5, 0.6) is 0 Å². The molecule has 3 N–H and O–H groups in total. The Morgan fingerprint density at radius 1 is 1.17 bits per heavy atom. The molecule has 1 atom stereocenters. The zero-order valence-corrected chi connectivity index (χ0v) is 14.8. The fraction of sp³-hybridized carbons (Fsp3) is 0.438. The van der Waals surface area contributed by atoms with E-state index in [1.54, 1.807) is 31.3 Å². The van der Waals surface area contributed by atoms with Gasteiger partial charge in [0.25, 0.3) is 0 Å². The number of benzene rings is 1. The van der Waals surface area contributed by atoms with Gasteiger partial charge in [-0.3, -0.25) is 19.8 Å². The topological polar surface area (TPSA) is 90.5 Å². The molecule has 0 aromatic heterocycles. The highest BCUT2D eigenvalue weighted by Gasteiger charge is 2.14. The number of urea groups is 1. The van der Waals surface area contributed by atoms with Crippen LogP contribution in [0.3, 0.4) is 0 Å². The van der Waals surface area contributed by atoms with Crippen LogP contribution < -0.4 is 16.0 Å². The van der Waals surface area contributed by atoms with Gasteiger partial charge in [-0.05, 0) is 32.5 Å². The summed E-state index contributed by atoms with van der Waals surface area (Å²) in [6, 6.07) is 6.32. The number of para-hydroxylation sites is 1. The van der Waals surface area contributed by atoms with Crippen molar-refractivity contribution < 1.29 is 14.4 Å². The highest BCUT2D eigenvalue weighted by molar-refractivity contribution is 6.33. The summed E-state index contributed by atoms with van der Waals surface area (Å²) in [5.74, 6) is -0.786. The van der Waals surface area contributed by atoms with Crippen molar-refractivity contribution >= 4 is 35.1 Å². The number of nitrogens with one attached hydrogen (secondary N) is 3. The van der Waals surface area contributed by atoms with Crippen molar-refractivity contribution in [1.82, 2.24) is 15.5 Å². The van der Waals surface area contributed by atoms with E-state index in [0.717, 1.165) is 6.42 Å². The highest BCUT2D eigenvalue weighted by atomic mass is 35.5. The third kappa shape index (κ3) is 7.43. The van der Waals surface area contributed by atoms with Gasteiger partial charge in [-0.15, -0.1) is 0 Å². The molecular weight excluding hydrogens is 332 g/mol. The summed E-state index contributed by atoms with van der Waals surface area (Å²) in [7, 11) is 1.61. The van der Waals surface area contributed by atoms with Gasteiger partial charge in [0.1, 0.15) is 0 Å². The number of imide groups is 1. The average molecular weight is 355 g/mol. The molecule has 0 aliphatic rings. The normalized spacial score (nSPS) is 11.7. The zero-order valence-electron chi connectivity index (χ0n) is 14.1. The lowest BCUT2D eigenvalue weighted by molar-refractivity contribution is -0.122. The number of hydrogen-bond acceptors (Lipinski definition) is 4. The minimum absolute atomic E-state index is 0.00831. The van der Waals surface area contributed by atoms with E-state index in [-0.39, 0.29) is 25.0 Å². The van der Waals surface area contributed by atoms with Gasteiger partial charge in [0.15, 0.2) is 0 Å². The van der Waals surface area contributed by atoms with Crippen LogP contribution in [0, 0.1) is 0 Å². The number of halogens is 1. The minimum atomic E-state index is -0.539. The minimum Gasteiger partial charge on any atom is -0.335 e. The Bertz CT molecular complexity index is 594. The largest absolute Gasteiger partial charge is 0.335 e. The molecule has 132 valence electrons. The van der Waals surface area contributed by atoms with Gasteiger partial charge >= 0.3 is 6.03 Å². The Labute approximate surface area is 146 Å². The average Bonchev–Trinajstić information content (AvgIpc) is 2.48. The van der Waals surface area contributed by atoms with E-state index < -0.39 is 11.9 Å². The lowest BCUT2D eigenvalue weighted by Gasteiger charge is -2.17. The van der Waals surface area contributed by atoms with E-state index in [4.69, 9.17) is 11.6 Å². The molecule has 4 amide bonds. The summed E-state index contributed by atoms with van der Waals surface area (Å²) in [5.41, 5.74) is 0.509. The Morgan fingerprint density at radius 2 is 1.79 bits per heavy atom. The molecule has 0 radical (unpaired) electrons. The summed E-state index contributed by atoms with van der Waals surface area (Å²) in [5, 5.41) is 7.96. The van der Waals surface area contributed by atoms with Gasteiger partial charge in [-0.2, -0.15) is 0 Å². The molecule has 24 heavy (non-hydrogen) atoms. The van der Waals surface area contributed by atoms with E-state index >= 15 is 0 Å². The van der Waals surface area contributed by atoms with Gasteiger partial charge in [-0.1, -0.05) is 30.7 Å². The molecule has 0 bridgehead atoms. The fourth-order valence-corrected chi connectivity index (χ4v) is 2.01. The number of nitrogens with zero attached hydrogens (tertiary/aromatic N) is 1. The van der Waals surface area contributed by atoms with Crippen LogP contribution in [0.2, 0.25) is 5.02 Å². The molecule has 0 unspecified atom stereocenters. The molecule has 0 saturated heterocycles. The Hall–Kier alpha value is -2.12. The SMILES string of the molecule is CC[C@@H](C)NC(=O)NC(=O)CN(C)CC(=O)Nc1ccccc1Cl. The van der Waals surface area contributed by atoms with Crippen molar-refractivity contribution in [3.8, 4) is 0 Å². The number of hydrogen-bond donors (Lipinski definition) is 3. The van der Waals surface area contributed by atoms with E-state index in [1.165, 1.54) is 4.90 Å². The van der Waals surface area contributed by atoms with Crippen LogP contribution in [0.15, 0.2) is 24.3 Å². The predicted octanol–water partition coefficient (Wildman–Crippen LogP) is 1.83. The summed E-state index contributed by atoms with van der Waals surface area (Å²) >= 11 is 5.96. The number of carbonyl (C=O) groups is 3. The van der Waals surface area contributed by atoms with E-state index in [9.17, 15) is 14.4 Å². The molecule has 0 spiro atoms. The van der Waals surface area contributed by atoms with E-state index in [1.807, 2.05) is 13.8 Å². The molecule has 0 saturated carbocycles. The molecule has 0 aliphatic heterocycles. The van der Waals surface area contributed by atoms with E-state index in [0.29, 0.717) is 10.7 Å². The lowest BCUT2D eigenvalue weighted by Crippen LogP contribution is -2.47. The first-order chi connectivity index (χ1) is 11.3. The summed E-state index contributed by atoms with van der Waals surface area (Å²) < 4.78 is 0. The molecule has 7 nitrogen and oxygen atoms in total. The third-order valence-corrected chi connectivity index (χ3v) is 3.55.